The third kappa shape index (κ3) is 2.21. The van der Waals surface area contributed by atoms with E-state index in [4.69, 9.17) is 4.42 Å². The van der Waals surface area contributed by atoms with E-state index >= 15 is 0 Å². The third-order valence-corrected chi connectivity index (χ3v) is 2.43. The van der Waals surface area contributed by atoms with Crippen molar-refractivity contribution < 1.29 is 9.21 Å². The van der Waals surface area contributed by atoms with Gasteiger partial charge in [0.25, 0.3) is 0 Å². The average Bonchev–Trinajstić information content (AvgIpc) is 2.29. The minimum absolute atomic E-state index is 0.00394. The minimum Gasteiger partial charge on any atom is -0.446 e. The first-order valence-electron chi connectivity index (χ1n) is 4.13. The summed E-state index contributed by atoms with van der Waals surface area (Å²) in [6.45, 7) is 7.73. The number of furan rings is 1. The maximum absolute atomic E-state index is 11.0. The van der Waals surface area contributed by atoms with Gasteiger partial charge in [0, 0.05) is 12.5 Å². The first-order chi connectivity index (χ1) is 5.82. The van der Waals surface area contributed by atoms with Gasteiger partial charge in [-0.2, -0.15) is 0 Å². The third-order valence-electron chi connectivity index (χ3n) is 1.84. The van der Waals surface area contributed by atoms with Gasteiger partial charge in [0.15, 0.2) is 16.2 Å². The fourth-order valence-corrected chi connectivity index (χ4v) is 1.94. The number of Topliss-reactive ketones (excluding diaryl/α,β-unsaturated/α-hetero) is 1. The lowest BCUT2D eigenvalue weighted by molar-refractivity contribution is 0.0986. The van der Waals surface area contributed by atoms with Crippen molar-refractivity contribution in [2.45, 2.75) is 33.1 Å². The highest BCUT2D eigenvalue weighted by Crippen LogP contribution is 2.32. The molecule has 0 atom stereocenters. The van der Waals surface area contributed by atoms with Crippen LogP contribution in [0.4, 0.5) is 0 Å². The van der Waals surface area contributed by atoms with Gasteiger partial charge in [-0.1, -0.05) is 20.8 Å². The van der Waals surface area contributed by atoms with Crippen molar-refractivity contribution in [1.29, 1.82) is 0 Å². The van der Waals surface area contributed by atoms with Gasteiger partial charge in [-0.05, 0) is 27.4 Å². The second-order valence-electron chi connectivity index (χ2n) is 4.10. The van der Waals surface area contributed by atoms with Crippen LogP contribution in [-0.2, 0) is 5.41 Å². The molecule has 0 bridgehead atoms. The summed E-state index contributed by atoms with van der Waals surface area (Å²) in [5, 5.41) is 0. The molecule has 0 fully saturated rings. The van der Waals surface area contributed by atoms with E-state index in [1.165, 1.54) is 6.92 Å². The summed E-state index contributed by atoms with van der Waals surface area (Å²) in [4.78, 5) is 11.0. The molecule has 0 saturated carbocycles. The Morgan fingerprint density at radius 2 is 2.00 bits per heavy atom. The summed E-state index contributed by atoms with van der Waals surface area (Å²) in [6, 6.07) is 1.80. The Kier molecular flexibility index (Phi) is 2.66. The molecule has 0 aliphatic rings. The Labute approximate surface area is 86.4 Å². The molecule has 0 amide bonds. The van der Waals surface area contributed by atoms with Crippen molar-refractivity contribution in [3.05, 3.63) is 22.1 Å². The quantitative estimate of drug-likeness (QED) is 0.708. The number of carbonyl (C=O) groups excluding carboxylic acids is 1. The molecule has 0 aliphatic heterocycles. The molecule has 3 heteroatoms. The second kappa shape index (κ2) is 3.29. The number of rotatable bonds is 1. The highest BCUT2D eigenvalue weighted by Gasteiger charge is 2.22. The Bertz CT molecular complexity index is 331. The first-order valence-corrected chi connectivity index (χ1v) is 4.92. The molecule has 0 spiro atoms. The number of carbonyl (C=O) groups is 1. The molecule has 1 heterocycles. The van der Waals surface area contributed by atoms with Crippen LogP contribution in [0.3, 0.4) is 0 Å². The van der Waals surface area contributed by atoms with E-state index in [2.05, 4.69) is 36.7 Å². The van der Waals surface area contributed by atoms with Crippen molar-refractivity contribution in [3.63, 3.8) is 0 Å². The fraction of sp³-hybridized carbons (Fsp3) is 0.500. The van der Waals surface area contributed by atoms with Gasteiger partial charge in [0.2, 0.25) is 0 Å². The Morgan fingerprint density at radius 3 is 2.23 bits per heavy atom. The largest absolute Gasteiger partial charge is 0.446 e. The molecule has 0 unspecified atom stereocenters. The smallest absolute Gasteiger partial charge is 0.194 e. The average molecular weight is 245 g/mol. The van der Waals surface area contributed by atoms with Crippen LogP contribution in [0.5, 0.6) is 0 Å². The van der Waals surface area contributed by atoms with E-state index < -0.39 is 0 Å². The van der Waals surface area contributed by atoms with Crippen molar-refractivity contribution in [1.82, 2.24) is 0 Å². The van der Waals surface area contributed by atoms with Gasteiger partial charge < -0.3 is 4.42 Å². The summed E-state index contributed by atoms with van der Waals surface area (Å²) < 4.78 is 5.93. The predicted molar refractivity (Wildman–Crippen MR) is 55.1 cm³/mol. The van der Waals surface area contributed by atoms with Gasteiger partial charge >= 0.3 is 0 Å². The maximum Gasteiger partial charge on any atom is 0.194 e. The topological polar surface area (TPSA) is 30.2 Å². The highest BCUT2D eigenvalue weighted by atomic mass is 79.9. The van der Waals surface area contributed by atoms with Crippen LogP contribution in [0, 0.1) is 0 Å². The van der Waals surface area contributed by atoms with Crippen LogP contribution >= 0.6 is 15.9 Å². The maximum atomic E-state index is 11.0. The molecule has 1 rings (SSSR count). The zero-order valence-electron chi connectivity index (χ0n) is 8.27. The van der Waals surface area contributed by atoms with Gasteiger partial charge in [0.1, 0.15) is 0 Å². The van der Waals surface area contributed by atoms with Crippen molar-refractivity contribution in [2.75, 3.05) is 0 Å². The molecule has 13 heavy (non-hydrogen) atoms. The van der Waals surface area contributed by atoms with Gasteiger partial charge in [0.05, 0.1) is 0 Å². The van der Waals surface area contributed by atoms with Crippen molar-refractivity contribution in [2.24, 2.45) is 0 Å². The van der Waals surface area contributed by atoms with Crippen LogP contribution in [0.2, 0.25) is 0 Å². The lowest BCUT2D eigenvalue weighted by Crippen LogP contribution is -2.10. The van der Waals surface area contributed by atoms with E-state index in [1.807, 2.05) is 0 Å². The lowest BCUT2D eigenvalue weighted by atomic mass is 9.89. The monoisotopic (exact) mass is 244 g/mol. The number of ketones is 1. The molecule has 1 aromatic heterocycles. The molecular weight excluding hydrogens is 232 g/mol. The predicted octanol–water partition coefficient (Wildman–Crippen LogP) is 3.54. The molecule has 0 N–H and O–H groups in total. The van der Waals surface area contributed by atoms with E-state index in [-0.39, 0.29) is 11.2 Å². The minimum atomic E-state index is -0.0452. The second-order valence-corrected chi connectivity index (χ2v) is 4.82. The molecule has 0 aromatic carbocycles. The van der Waals surface area contributed by atoms with Crippen molar-refractivity contribution in [3.8, 4) is 0 Å². The van der Waals surface area contributed by atoms with E-state index in [1.54, 1.807) is 6.07 Å². The normalized spacial score (nSPS) is 11.8. The SMILES string of the molecule is CC(=O)c1cc(C(C)(C)C)c(Br)o1. The standard InChI is InChI=1S/C10H13BrO2/c1-6(12)8-5-7(9(11)13-8)10(2,3)4/h5H,1-4H3. The first kappa shape index (κ1) is 10.5. The van der Waals surface area contributed by atoms with E-state index in [0.29, 0.717) is 10.4 Å². The van der Waals surface area contributed by atoms with Crippen molar-refractivity contribution >= 4 is 21.7 Å². The van der Waals surface area contributed by atoms with E-state index in [9.17, 15) is 4.79 Å². The van der Waals surface area contributed by atoms with Crippen LogP contribution < -0.4 is 0 Å². The lowest BCUT2D eigenvalue weighted by Gasteiger charge is -2.15. The summed E-state index contributed by atoms with van der Waals surface area (Å²) >= 11 is 3.30. The molecule has 0 radical (unpaired) electrons. The summed E-state index contributed by atoms with van der Waals surface area (Å²) in [5.41, 5.74) is 1.02. The molecule has 0 aliphatic carbocycles. The Morgan fingerprint density at radius 1 is 1.46 bits per heavy atom. The zero-order valence-corrected chi connectivity index (χ0v) is 9.86. The molecular formula is C10H13BrO2. The highest BCUT2D eigenvalue weighted by molar-refractivity contribution is 9.10. The Hall–Kier alpha value is -0.570. The Balaban J connectivity index is 3.18. The molecule has 1 aromatic rings. The molecule has 2 nitrogen and oxygen atoms in total. The van der Waals surface area contributed by atoms with Crippen LogP contribution in [0.1, 0.15) is 43.8 Å². The fourth-order valence-electron chi connectivity index (χ4n) is 1.05. The summed E-state index contributed by atoms with van der Waals surface area (Å²) in [6.07, 6.45) is 0. The number of hydrogen-bond acceptors (Lipinski definition) is 2. The zero-order chi connectivity index (χ0) is 10.2. The summed E-state index contributed by atoms with van der Waals surface area (Å²) in [5.74, 6) is 0.369. The van der Waals surface area contributed by atoms with Gasteiger partial charge in [-0.3, -0.25) is 4.79 Å². The number of halogens is 1. The van der Waals surface area contributed by atoms with Crippen LogP contribution in [0.15, 0.2) is 15.2 Å². The summed E-state index contributed by atoms with van der Waals surface area (Å²) in [7, 11) is 0. The van der Waals surface area contributed by atoms with E-state index in [0.717, 1.165) is 5.56 Å². The number of hydrogen-bond donors (Lipinski definition) is 0. The van der Waals surface area contributed by atoms with Gasteiger partial charge in [-0.25, -0.2) is 0 Å². The van der Waals surface area contributed by atoms with Crippen LogP contribution in [0.25, 0.3) is 0 Å². The molecule has 72 valence electrons. The molecule has 0 saturated heterocycles. The van der Waals surface area contributed by atoms with Crippen LogP contribution in [-0.4, -0.2) is 5.78 Å². The van der Waals surface area contributed by atoms with Gasteiger partial charge in [-0.15, -0.1) is 0 Å².